The number of pyridine rings is 1. The Kier molecular flexibility index (Phi) is 3.30. The van der Waals surface area contributed by atoms with Crippen LogP contribution in [-0.2, 0) is 0 Å². The molecule has 0 spiro atoms. The molecule has 1 aromatic carbocycles. The minimum absolute atomic E-state index is 0. The molecular formula is C13H11Cl2NS. The number of aromatic nitrogens is 1. The first-order valence-electron chi connectivity index (χ1n) is 5.16. The number of thiophene rings is 1. The molecule has 0 fully saturated rings. The van der Waals surface area contributed by atoms with Gasteiger partial charge in [0.15, 0.2) is 11.4 Å². The quantitative estimate of drug-likeness (QED) is 0.588. The van der Waals surface area contributed by atoms with Crippen LogP contribution in [0.5, 0.6) is 0 Å². The fraction of sp³-hybridized carbons (Fsp3) is 0.154. The number of rotatable bonds is 0. The van der Waals surface area contributed by atoms with E-state index in [0.717, 1.165) is 5.02 Å². The van der Waals surface area contributed by atoms with Crippen molar-refractivity contribution in [3.05, 3.63) is 40.7 Å². The Bertz CT molecular complexity index is 703. The molecule has 2 heterocycles. The third-order valence-electron chi connectivity index (χ3n) is 2.77. The van der Waals surface area contributed by atoms with Gasteiger partial charge in [-0.05, 0) is 18.2 Å². The van der Waals surface area contributed by atoms with Gasteiger partial charge in [-0.3, -0.25) is 0 Å². The number of halogens is 2. The van der Waals surface area contributed by atoms with Crippen molar-refractivity contribution in [3.63, 3.8) is 0 Å². The molecule has 0 radical (unpaired) electrons. The third kappa shape index (κ3) is 2.01. The minimum atomic E-state index is 0. The van der Waals surface area contributed by atoms with E-state index >= 15 is 0 Å². The van der Waals surface area contributed by atoms with Crippen LogP contribution in [-0.4, -0.2) is 0 Å². The van der Waals surface area contributed by atoms with Crippen LogP contribution in [0.25, 0.3) is 20.2 Å². The Hall–Kier alpha value is -0.830. The summed E-state index contributed by atoms with van der Waals surface area (Å²) in [7, 11) is 0. The number of H-pyrrole nitrogens is 1. The molecule has 3 rings (SSSR count). The maximum absolute atomic E-state index is 6.05. The van der Waals surface area contributed by atoms with E-state index in [1.54, 1.807) is 0 Å². The summed E-state index contributed by atoms with van der Waals surface area (Å²) >= 11 is 7.87. The van der Waals surface area contributed by atoms with Gasteiger partial charge in [0.25, 0.3) is 0 Å². The summed E-state index contributed by atoms with van der Waals surface area (Å²) in [5.41, 5.74) is 2.41. The molecule has 0 saturated heterocycles. The van der Waals surface area contributed by atoms with Crippen molar-refractivity contribution in [1.82, 2.24) is 0 Å². The lowest BCUT2D eigenvalue weighted by Gasteiger charge is -1.93. The van der Waals surface area contributed by atoms with Crippen molar-refractivity contribution in [1.29, 1.82) is 0 Å². The van der Waals surface area contributed by atoms with E-state index in [2.05, 4.69) is 37.0 Å². The fourth-order valence-electron chi connectivity index (χ4n) is 2.12. The van der Waals surface area contributed by atoms with Crippen molar-refractivity contribution in [2.45, 2.75) is 13.8 Å². The van der Waals surface area contributed by atoms with Crippen molar-refractivity contribution in [2.24, 2.45) is 0 Å². The van der Waals surface area contributed by atoms with Crippen LogP contribution in [0, 0.1) is 13.8 Å². The molecule has 17 heavy (non-hydrogen) atoms. The number of nitrogens with one attached hydrogen (secondary N) is 1. The monoisotopic (exact) mass is 283 g/mol. The first-order chi connectivity index (χ1) is 7.65. The molecule has 0 aliphatic carbocycles. The van der Waals surface area contributed by atoms with E-state index in [-0.39, 0.29) is 12.4 Å². The van der Waals surface area contributed by atoms with Crippen LogP contribution < -0.4 is 17.4 Å². The maximum Gasteiger partial charge on any atom is 0.194 e. The summed E-state index contributed by atoms with van der Waals surface area (Å²) in [6.45, 7) is 4.20. The number of aromatic amines is 1. The number of hydrogen-bond acceptors (Lipinski definition) is 1. The highest BCUT2D eigenvalue weighted by molar-refractivity contribution is 7.26. The van der Waals surface area contributed by atoms with E-state index in [0.29, 0.717) is 0 Å². The average Bonchev–Trinajstić information content (AvgIpc) is 2.57. The largest absolute Gasteiger partial charge is 1.00 e. The van der Waals surface area contributed by atoms with Gasteiger partial charge in [-0.15, -0.1) is 11.3 Å². The predicted octanol–water partition coefficient (Wildman–Crippen LogP) is 1.14. The van der Waals surface area contributed by atoms with Crippen LogP contribution in [0.2, 0.25) is 5.02 Å². The van der Waals surface area contributed by atoms with Gasteiger partial charge in [0.1, 0.15) is 4.70 Å². The van der Waals surface area contributed by atoms with Gasteiger partial charge in [0.05, 0.1) is 0 Å². The van der Waals surface area contributed by atoms with Gasteiger partial charge in [-0.2, -0.15) is 0 Å². The highest BCUT2D eigenvalue weighted by Crippen LogP contribution is 2.35. The normalized spacial score (nSPS) is 10.8. The standard InChI is InChI=1S/C13H10ClNS.ClH/c1-7-5-11-10-6-9(14)3-4-12(10)16-13(11)8(2)15-7;/h3-6H,1-2H3;1H. The molecule has 1 N–H and O–H groups in total. The van der Waals surface area contributed by atoms with E-state index in [4.69, 9.17) is 11.6 Å². The Morgan fingerprint density at radius 2 is 1.88 bits per heavy atom. The number of fused-ring (bicyclic) bond motifs is 3. The Balaban J connectivity index is 0.00000108. The van der Waals surface area contributed by atoms with E-state index < -0.39 is 0 Å². The molecule has 1 nitrogen and oxygen atoms in total. The molecule has 4 heteroatoms. The zero-order valence-electron chi connectivity index (χ0n) is 9.47. The molecule has 3 aromatic rings. The molecule has 0 saturated carbocycles. The molecule has 0 atom stereocenters. The molecule has 0 aliphatic heterocycles. The van der Waals surface area contributed by atoms with Crippen LogP contribution in [0.4, 0.5) is 0 Å². The second-order valence-electron chi connectivity index (χ2n) is 4.06. The fourth-order valence-corrected chi connectivity index (χ4v) is 3.41. The Morgan fingerprint density at radius 3 is 2.65 bits per heavy atom. The summed E-state index contributed by atoms with van der Waals surface area (Å²) in [5, 5.41) is 3.36. The molecular weight excluding hydrogens is 273 g/mol. The lowest BCUT2D eigenvalue weighted by atomic mass is 10.1. The van der Waals surface area contributed by atoms with Crippen LogP contribution in [0.15, 0.2) is 24.3 Å². The van der Waals surface area contributed by atoms with E-state index in [9.17, 15) is 0 Å². The van der Waals surface area contributed by atoms with Gasteiger partial charge in [0.2, 0.25) is 0 Å². The molecule has 0 amide bonds. The van der Waals surface area contributed by atoms with Crippen molar-refractivity contribution in [2.75, 3.05) is 0 Å². The highest BCUT2D eigenvalue weighted by Gasteiger charge is 2.12. The topological polar surface area (TPSA) is 14.1 Å². The molecule has 88 valence electrons. The van der Waals surface area contributed by atoms with Crippen molar-refractivity contribution < 1.29 is 17.4 Å². The van der Waals surface area contributed by atoms with Crippen molar-refractivity contribution >= 4 is 43.1 Å². The summed E-state index contributed by atoms with van der Waals surface area (Å²) in [6.07, 6.45) is 0. The van der Waals surface area contributed by atoms with Crippen LogP contribution >= 0.6 is 22.9 Å². The Morgan fingerprint density at radius 1 is 1.12 bits per heavy atom. The summed E-state index contributed by atoms with van der Waals surface area (Å²) in [4.78, 5) is 3.37. The molecule has 2 aromatic heterocycles. The second kappa shape index (κ2) is 4.45. The van der Waals surface area contributed by atoms with Gasteiger partial charge in [0, 0.05) is 40.4 Å². The van der Waals surface area contributed by atoms with Gasteiger partial charge in [-0.25, -0.2) is 4.98 Å². The van der Waals surface area contributed by atoms with E-state index in [1.807, 2.05) is 17.4 Å². The maximum atomic E-state index is 6.05. The highest BCUT2D eigenvalue weighted by atomic mass is 35.5. The first kappa shape index (κ1) is 12.6. The smallest absolute Gasteiger partial charge is 0.194 e. The zero-order valence-corrected chi connectivity index (χ0v) is 11.8. The summed E-state index contributed by atoms with van der Waals surface area (Å²) < 4.78 is 2.62. The number of benzene rings is 1. The minimum Gasteiger partial charge on any atom is -1.00 e. The van der Waals surface area contributed by atoms with Crippen molar-refractivity contribution in [3.8, 4) is 0 Å². The van der Waals surface area contributed by atoms with E-state index in [1.165, 1.54) is 31.6 Å². The molecule has 0 bridgehead atoms. The lowest BCUT2D eigenvalue weighted by Crippen LogP contribution is -3.00. The van der Waals surface area contributed by atoms with Crippen LogP contribution in [0.1, 0.15) is 11.4 Å². The number of aryl methyl sites for hydroxylation is 2. The Labute approximate surface area is 115 Å². The van der Waals surface area contributed by atoms with Gasteiger partial charge in [-0.1, -0.05) is 11.6 Å². The summed E-state index contributed by atoms with van der Waals surface area (Å²) in [5.74, 6) is 0. The predicted molar refractivity (Wildman–Crippen MR) is 70.4 cm³/mol. The van der Waals surface area contributed by atoms with Crippen LogP contribution in [0.3, 0.4) is 0 Å². The van der Waals surface area contributed by atoms with Gasteiger partial charge >= 0.3 is 0 Å². The second-order valence-corrected chi connectivity index (χ2v) is 5.55. The molecule has 0 aliphatic rings. The molecule has 0 unspecified atom stereocenters. The summed E-state index contributed by atoms with van der Waals surface area (Å²) in [6, 6.07) is 8.29. The first-order valence-corrected chi connectivity index (χ1v) is 6.36. The zero-order chi connectivity index (χ0) is 11.3. The average molecular weight is 284 g/mol. The van der Waals surface area contributed by atoms with Gasteiger partial charge < -0.3 is 12.4 Å². The SMILES string of the molecule is Cc1cc2c(sc3ccc(Cl)cc32)c(C)[nH+]1.[Cl-]. The third-order valence-corrected chi connectivity index (χ3v) is 4.32. The lowest BCUT2D eigenvalue weighted by molar-refractivity contribution is -0.394. The number of hydrogen-bond donors (Lipinski definition) is 0.